The number of ether oxygens (including phenoxy) is 1. The van der Waals surface area contributed by atoms with Gasteiger partial charge in [0.05, 0.1) is 13.2 Å². The fraction of sp³-hybridized carbons (Fsp3) is 0.938. The molecule has 4 heteroatoms. The van der Waals surface area contributed by atoms with Crippen LogP contribution in [0.5, 0.6) is 0 Å². The van der Waals surface area contributed by atoms with E-state index in [2.05, 4.69) is 4.74 Å². The van der Waals surface area contributed by atoms with Crippen LogP contribution in [0, 0.1) is 5.92 Å². The van der Waals surface area contributed by atoms with Gasteiger partial charge in [0.15, 0.2) is 0 Å². The van der Waals surface area contributed by atoms with Gasteiger partial charge in [-0.05, 0) is 37.4 Å². The second-order valence-corrected chi connectivity index (χ2v) is 6.93. The van der Waals surface area contributed by atoms with Crippen LogP contribution in [0.25, 0.3) is 0 Å². The van der Waals surface area contributed by atoms with Crippen LogP contribution in [-0.4, -0.2) is 35.8 Å². The van der Waals surface area contributed by atoms with Gasteiger partial charge < -0.3 is 9.84 Å². The van der Waals surface area contributed by atoms with Crippen LogP contribution < -0.4 is 0 Å². The highest BCUT2D eigenvalue weighted by molar-refractivity contribution is 7.99. The zero-order chi connectivity index (χ0) is 14.6. The molecule has 118 valence electrons. The summed E-state index contributed by atoms with van der Waals surface area (Å²) < 4.78 is 4.61. The van der Waals surface area contributed by atoms with E-state index in [1.165, 1.54) is 52.1 Å². The molecule has 20 heavy (non-hydrogen) atoms. The molecule has 1 aliphatic rings. The first kappa shape index (κ1) is 17.8. The number of unbranched alkanes of at least 4 members (excludes halogenated alkanes) is 3. The van der Waals surface area contributed by atoms with E-state index in [-0.39, 0.29) is 12.1 Å². The van der Waals surface area contributed by atoms with Crippen LogP contribution in [0.1, 0.15) is 64.2 Å². The van der Waals surface area contributed by atoms with Crippen molar-refractivity contribution >= 4 is 17.7 Å². The summed E-state index contributed by atoms with van der Waals surface area (Å²) >= 11 is 1.88. The molecule has 1 atom stereocenters. The van der Waals surface area contributed by atoms with E-state index >= 15 is 0 Å². The van der Waals surface area contributed by atoms with Gasteiger partial charge in [0.1, 0.15) is 0 Å². The molecule has 1 rings (SSSR count). The lowest BCUT2D eigenvalue weighted by molar-refractivity contribution is -0.140. The molecule has 1 unspecified atom stereocenters. The number of rotatable bonds is 10. The lowest BCUT2D eigenvalue weighted by Crippen LogP contribution is -2.25. The summed E-state index contributed by atoms with van der Waals surface area (Å²) in [6.45, 7) is 0. The number of aliphatic hydroxyl groups excluding tert-OH is 1. The molecule has 0 aromatic rings. The van der Waals surface area contributed by atoms with Crippen molar-refractivity contribution < 1.29 is 14.6 Å². The summed E-state index contributed by atoms with van der Waals surface area (Å²) in [5.41, 5.74) is 0. The summed E-state index contributed by atoms with van der Waals surface area (Å²) in [7, 11) is 1.44. The van der Waals surface area contributed by atoms with Gasteiger partial charge in [0, 0.05) is 12.2 Å². The molecule has 1 saturated carbocycles. The fourth-order valence-corrected chi connectivity index (χ4v) is 3.88. The summed E-state index contributed by atoms with van der Waals surface area (Å²) in [6, 6.07) is 0. The Bertz CT molecular complexity index is 252. The topological polar surface area (TPSA) is 46.5 Å². The number of esters is 1. The standard InChI is InChI=1S/C16H30O3S/c1-19-16(18)11-7-2-3-8-12-20-13-15(17)14-9-5-4-6-10-14/h14-15,17H,2-13H2,1H3. The molecule has 3 nitrogen and oxygen atoms in total. The van der Waals surface area contributed by atoms with Crippen LogP contribution in [0.4, 0.5) is 0 Å². The average Bonchev–Trinajstić information content (AvgIpc) is 2.50. The number of thioether (sulfide) groups is 1. The molecule has 1 aliphatic carbocycles. The van der Waals surface area contributed by atoms with Crippen molar-refractivity contribution in [3.05, 3.63) is 0 Å². The second kappa shape index (κ2) is 11.4. The monoisotopic (exact) mass is 302 g/mol. The number of carbonyl (C=O) groups is 1. The third kappa shape index (κ3) is 8.15. The van der Waals surface area contributed by atoms with E-state index < -0.39 is 0 Å². The van der Waals surface area contributed by atoms with Gasteiger partial charge in [0.25, 0.3) is 0 Å². The summed E-state index contributed by atoms with van der Waals surface area (Å²) in [5, 5.41) is 10.1. The fourth-order valence-electron chi connectivity index (χ4n) is 2.79. The van der Waals surface area contributed by atoms with Crippen LogP contribution >= 0.6 is 11.8 Å². The SMILES string of the molecule is COC(=O)CCCCCCSCC(O)C1CCCCC1. The highest BCUT2D eigenvalue weighted by atomic mass is 32.2. The Labute approximate surface area is 127 Å². The number of hydrogen-bond acceptors (Lipinski definition) is 4. The third-order valence-electron chi connectivity index (χ3n) is 4.13. The predicted octanol–water partition coefficient (Wildman–Crippen LogP) is 3.78. The minimum atomic E-state index is -0.102. The summed E-state index contributed by atoms with van der Waals surface area (Å²) in [5.74, 6) is 2.47. The lowest BCUT2D eigenvalue weighted by atomic mass is 9.86. The second-order valence-electron chi connectivity index (χ2n) is 5.78. The van der Waals surface area contributed by atoms with Crippen molar-refractivity contribution in [1.29, 1.82) is 0 Å². The van der Waals surface area contributed by atoms with Crippen molar-refractivity contribution in [1.82, 2.24) is 0 Å². The average molecular weight is 302 g/mol. The van der Waals surface area contributed by atoms with Gasteiger partial charge in [-0.15, -0.1) is 0 Å². The van der Waals surface area contributed by atoms with Gasteiger partial charge in [-0.2, -0.15) is 11.8 Å². The highest BCUT2D eigenvalue weighted by Crippen LogP contribution is 2.28. The van der Waals surface area contributed by atoms with Crippen molar-refractivity contribution in [3.63, 3.8) is 0 Å². The van der Waals surface area contributed by atoms with Crippen molar-refractivity contribution in [2.45, 2.75) is 70.3 Å². The van der Waals surface area contributed by atoms with E-state index in [1.54, 1.807) is 0 Å². The van der Waals surface area contributed by atoms with Crippen LogP contribution in [-0.2, 0) is 9.53 Å². The maximum Gasteiger partial charge on any atom is 0.305 e. The first-order valence-corrected chi connectivity index (χ1v) is 9.22. The zero-order valence-electron chi connectivity index (χ0n) is 12.8. The van der Waals surface area contributed by atoms with Crippen molar-refractivity contribution in [3.8, 4) is 0 Å². The van der Waals surface area contributed by atoms with Gasteiger partial charge in [-0.25, -0.2) is 0 Å². The first-order valence-electron chi connectivity index (χ1n) is 8.06. The Morgan fingerprint density at radius 3 is 2.60 bits per heavy atom. The molecular weight excluding hydrogens is 272 g/mol. The molecule has 0 saturated heterocycles. The molecule has 0 spiro atoms. The molecule has 0 aliphatic heterocycles. The van der Waals surface area contributed by atoms with E-state index in [4.69, 9.17) is 0 Å². The Kier molecular flexibility index (Phi) is 10.2. The van der Waals surface area contributed by atoms with Crippen molar-refractivity contribution in [2.24, 2.45) is 5.92 Å². The molecule has 0 aromatic carbocycles. The van der Waals surface area contributed by atoms with Crippen LogP contribution in [0.3, 0.4) is 0 Å². The van der Waals surface area contributed by atoms with Gasteiger partial charge in [0.2, 0.25) is 0 Å². The number of methoxy groups -OCH3 is 1. The Balaban J connectivity index is 1.87. The Hall–Kier alpha value is -0.220. The van der Waals surface area contributed by atoms with Crippen LogP contribution in [0.2, 0.25) is 0 Å². The molecule has 0 heterocycles. The third-order valence-corrected chi connectivity index (χ3v) is 5.28. The van der Waals surface area contributed by atoms with E-state index in [0.717, 1.165) is 24.3 Å². The predicted molar refractivity (Wildman–Crippen MR) is 85.0 cm³/mol. The maximum absolute atomic E-state index is 10.9. The van der Waals surface area contributed by atoms with E-state index in [0.29, 0.717) is 12.3 Å². The zero-order valence-corrected chi connectivity index (χ0v) is 13.6. The Morgan fingerprint density at radius 1 is 1.20 bits per heavy atom. The molecular formula is C16H30O3S. The largest absolute Gasteiger partial charge is 0.469 e. The minimum absolute atomic E-state index is 0.0976. The minimum Gasteiger partial charge on any atom is -0.469 e. The van der Waals surface area contributed by atoms with Gasteiger partial charge >= 0.3 is 5.97 Å². The highest BCUT2D eigenvalue weighted by Gasteiger charge is 2.21. The molecule has 0 bridgehead atoms. The van der Waals surface area contributed by atoms with E-state index in [9.17, 15) is 9.90 Å². The maximum atomic E-state index is 10.9. The number of hydrogen-bond donors (Lipinski definition) is 1. The molecule has 1 N–H and O–H groups in total. The first-order chi connectivity index (χ1) is 9.74. The summed E-state index contributed by atoms with van der Waals surface area (Å²) in [4.78, 5) is 10.9. The number of carbonyl (C=O) groups excluding carboxylic acids is 1. The summed E-state index contributed by atoms with van der Waals surface area (Å²) in [6.07, 6.45) is 11.2. The molecule has 0 amide bonds. The number of aliphatic hydroxyl groups is 1. The smallest absolute Gasteiger partial charge is 0.305 e. The quantitative estimate of drug-likeness (QED) is 0.493. The molecule has 1 fully saturated rings. The van der Waals surface area contributed by atoms with E-state index in [1.807, 2.05) is 11.8 Å². The molecule has 0 aromatic heterocycles. The van der Waals surface area contributed by atoms with Gasteiger partial charge in [-0.3, -0.25) is 4.79 Å². The molecule has 0 radical (unpaired) electrons. The van der Waals surface area contributed by atoms with Crippen LogP contribution in [0.15, 0.2) is 0 Å². The van der Waals surface area contributed by atoms with Crippen molar-refractivity contribution in [2.75, 3.05) is 18.6 Å². The lowest BCUT2D eigenvalue weighted by Gasteiger charge is -2.26. The van der Waals surface area contributed by atoms with Gasteiger partial charge in [-0.1, -0.05) is 32.1 Å². The Morgan fingerprint density at radius 2 is 1.90 bits per heavy atom. The normalized spacial score (nSPS) is 17.9.